The van der Waals surface area contributed by atoms with Crippen LogP contribution in [-0.2, 0) is 0 Å². The van der Waals surface area contributed by atoms with Crippen molar-refractivity contribution in [2.45, 2.75) is 13.8 Å². The van der Waals surface area contributed by atoms with E-state index in [0.29, 0.717) is 5.56 Å². The number of piperazine rings is 1. The van der Waals surface area contributed by atoms with Crippen LogP contribution in [-0.4, -0.2) is 36.0 Å². The molecule has 0 unspecified atom stereocenters. The smallest absolute Gasteiger partial charge is 0.272 e. The van der Waals surface area contributed by atoms with Gasteiger partial charge in [0.2, 0.25) is 0 Å². The molecule has 1 saturated heterocycles. The van der Waals surface area contributed by atoms with Gasteiger partial charge in [-0.05, 0) is 38.1 Å². The molecule has 8 nitrogen and oxygen atoms in total. The molecule has 1 aliphatic heterocycles. The Morgan fingerprint density at radius 1 is 0.926 bits per heavy atom. The number of halogens is 1. The molecule has 0 atom stereocenters. The Hall–Kier alpha value is -3.07. The van der Waals surface area contributed by atoms with Crippen LogP contribution in [0.1, 0.15) is 11.1 Å². The van der Waals surface area contributed by atoms with Crippen molar-refractivity contribution in [1.82, 2.24) is 5.32 Å². The van der Waals surface area contributed by atoms with E-state index in [9.17, 15) is 24.6 Å². The summed E-state index contributed by atoms with van der Waals surface area (Å²) in [5.74, 6) is -0.451. The van der Waals surface area contributed by atoms with Gasteiger partial charge in [-0.15, -0.1) is 0 Å². The minimum atomic E-state index is -0.533. The lowest BCUT2D eigenvalue weighted by Gasteiger charge is -2.29. The van der Waals surface area contributed by atoms with E-state index in [-0.39, 0.29) is 16.3 Å². The molecule has 9 heteroatoms. The van der Waals surface area contributed by atoms with Crippen molar-refractivity contribution < 1.29 is 14.2 Å². The number of hydrogen-bond donors (Lipinski definition) is 1. The molecule has 0 aliphatic carbocycles. The second-order valence-electron chi connectivity index (χ2n) is 6.15. The highest BCUT2D eigenvalue weighted by molar-refractivity contribution is 5.55. The first-order valence-corrected chi connectivity index (χ1v) is 8.41. The van der Waals surface area contributed by atoms with Gasteiger partial charge in [0.25, 0.3) is 11.4 Å². The normalized spacial score (nSPS) is 13.5. The minimum Gasteiger partial charge on any atom is -0.369 e. The summed E-state index contributed by atoms with van der Waals surface area (Å²) in [4.78, 5) is 22.3. The van der Waals surface area contributed by atoms with Gasteiger partial charge in [0.15, 0.2) is 0 Å². The largest absolute Gasteiger partial charge is 0.369 e. The van der Waals surface area contributed by atoms with Crippen LogP contribution < -0.4 is 10.2 Å². The highest BCUT2D eigenvalue weighted by Crippen LogP contribution is 2.24. The maximum atomic E-state index is 12.4. The minimum absolute atomic E-state index is 0.0496. The first kappa shape index (κ1) is 20.2. The van der Waals surface area contributed by atoms with Gasteiger partial charge >= 0.3 is 0 Å². The van der Waals surface area contributed by atoms with Crippen molar-refractivity contribution in [2.75, 3.05) is 31.1 Å². The zero-order valence-corrected chi connectivity index (χ0v) is 15.1. The number of nitrogens with one attached hydrogen (secondary N) is 1. The van der Waals surface area contributed by atoms with E-state index >= 15 is 0 Å². The molecule has 2 aromatic rings. The number of rotatable bonds is 3. The third-order valence-corrected chi connectivity index (χ3v) is 4.21. The molecule has 0 saturated carbocycles. The summed E-state index contributed by atoms with van der Waals surface area (Å²) < 4.78 is 12.4. The number of benzene rings is 2. The molecular weight excluding hydrogens is 355 g/mol. The SMILES string of the molecule is Cc1cc(F)ccc1[N+](=O)[O-].Cc1cc(N2CCNCC2)ccc1[N+](=O)[O-]. The molecule has 1 fully saturated rings. The maximum absolute atomic E-state index is 12.4. The molecule has 1 N–H and O–H groups in total. The fraction of sp³-hybridized carbons (Fsp3) is 0.333. The number of aryl methyl sites for hydroxylation is 2. The average Bonchev–Trinajstić information content (AvgIpc) is 2.62. The Morgan fingerprint density at radius 2 is 1.44 bits per heavy atom. The van der Waals surface area contributed by atoms with E-state index in [2.05, 4.69) is 10.2 Å². The van der Waals surface area contributed by atoms with Gasteiger partial charge in [-0.25, -0.2) is 4.39 Å². The molecule has 0 bridgehead atoms. The number of nitro benzene ring substituents is 2. The zero-order chi connectivity index (χ0) is 20.0. The highest BCUT2D eigenvalue weighted by atomic mass is 19.1. The zero-order valence-electron chi connectivity index (χ0n) is 15.1. The summed E-state index contributed by atoms with van der Waals surface area (Å²) in [5.41, 5.74) is 2.28. The van der Waals surface area contributed by atoms with E-state index in [4.69, 9.17) is 0 Å². The summed E-state index contributed by atoms with van der Waals surface area (Å²) in [6, 6.07) is 8.68. The molecule has 1 heterocycles. The Balaban J connectivity index is 0.000000208. The predicted octanol–water partition coefficient (Wildman–Crippen LogP) is 3.36. The average molecular weight is 376 g/mol. The van der Waals surface area contributed by atoms with Crippen molar-refractivity contribution in [3.63, 3.8) is 0 Å². The Kier molecular flexibility index (Phi) is 6.78. The van der Waals surface area contributed by atoms with Crippen molar-refractivity contribution >= 4 is 17.1 Å². The molecule has 0 aromatic heterocycles. The van der Waals surface area contributed by atoms with Crippen LogP contribution in [0.2, 0.25) is 0 Å². The van der Waals surface area contributed by atoms with Gasteiger partial charge in [-0.1, -0.05) is 0 Å². The van der Waals surface area contributed by atoms with E-state index in [1.165, 1.54) is 6.92 Å². The monoisotopic (exact) mass is 376 g/mol. The van der Waals surface area contributed by atoms with Crippen LogP contribution in [0.5, 0.6) is 0 Å². The maximum Gasteiger partial charge on any atom is 0.272 e. The lowest BCUT2D eigenvalue weighted by Crippen LogP contribution is -2.43. The van der Waals surface area contributed by atoms with E-state index in [1.807, 2.05) is 12.1 Å². The first-order chi connectivity index (χ1) is 12.8. The molecule has 1 aliphatic rings. The fourth-order valence-corrected chi connectivity index (χ4v) is 2.79. The van der Waals surface area contributed by atoms with Crippen molar-refractivity contribution in [3.8, 4) is 0 Å². The van der Waals surface area contributed by atoms with Gasteiger partial charge < -0.3 is 10.2 Å². The lowest BCUT2D eigenvalue weighted by atomic mass is 10.1. The number of hydrogen-bond acceptors (Lipinski definition) is 6. The van der Waals surface area contributed by atoms with Crippen LogP contribution in [0.25, 0.3) is 0 Å². The Bertz CT molecular complexity index is 838. The van der Waals surface area contributed by atoms with Crippen LogP contribution in [0.15, 0.2) is 36.4 Å². The number of nitrogens with zero attached hydrogens (tertiary/aromatic N) is 3. The van der Waals surface area contributed by atoms with Crippen LogP contribution in [0, 0.1) is 39.9 Å². The molecule has 3 rings (SSSR count). The van der Waals surface area contributed by atoms with Crippen molar-refractivity contribution in [2.24, 2.45) is 0 Å². The lowest BCUT2D eigenvalue weighted by molar-refractivity contribution is -0.385. The Morgan fingerprint density at radius 3 is 1.93 bits per heavy atom. The second-order valence-corrected chi connectivity index (χ2v) is 6.15. The van der Waals surface area contributed by atoms with Gasteiger partial charge in [-0.2, -0.15) is 0 Å². The standard InChI is InChI=1S/C11H15N3O2.C7H6FNO2/c1-9-8-10(2-3-11(9)14(15)16)13-6-4-12-5-7-13;1-5-4-6(8)2-3-7(5)9(10)11/h2-3,8,12H,4-7H2,1H3;2-4H,1H3. The van der Waals surface area contributed by atoms with E-state index in [1.54, 1.807) is 13.0 Å². The number of nitro groups is 2. The van der Waals surface area contributed by atoms with Crippen LogP contribution in [0.4, 0.5) is 21.5 Å². The van der Waals surface area contributed by atoms with Gasteiger partial charge in [-0.3, -0.25) is 20.2 Å². The predicted molar refractivity (Wildman–Crippen MR) is 101 cm³/mol. The molecule has 0 radical (unpaired) electrons. The third-order valence-electron chi connectivity index (χ3n) is 4.21. The van der Waals surface area contributed by atoms with Gasteiger partial charge in [0.1, 0.15) is 5.82 Å². The summed E-state index contributed by atoms with van der Waals surface area (Å²) in [7, 11) is 0. The van der Waals surface area contributed by atoms with E-state index < -0.39 is 10.7 Å². The summed E-state index contributed by atoms with van der Waals surface area (Å²) in [6.45, 7) is 7.13. The first-order valence-electron chi connectivity index (χ1n) is 8.41. The highest BCUT2D eigenvalue weighted by Gasteiger charge is 2.15. The number of anilines is 1. The van der Waals surface area contributed by atoms with Crippen molar-refractivity contribution in [3.05, 3.63) is 73.6 Å². The quantitative estimate of drug-likeness (QED) is 0.651. The van der Waals surface area contributed by atoms with E-state index in [0.717, 1.165) is 55.6 Å². The van der Waals surface area contributed by atoms with Crippen LogP contribution >= 0.6 is 0 Å². The molecule has 0 spiro atoms. The van der Waals surface area contributed by atoms with Gasteiger partial charge in [0.05, 0.1) is 9.85 Å². The van der Waals surface area contributed by atoms with Gasteiger partial charge in [0, 0.05) is 55.1 Å². The van der Waals surface area contributed by atoms with Crippen molar-refractivity contribution in [1.29, 1.82) is 0 Å². The summed E-state index contributed by atoms with van der Waals surface area (Å²) in [6.07, 6.45) is 0. The Labute approximate surface area is 155 Å². The molecule has 27 heavy (non-hydrogen) atoms. The topological polar surface area (TPSA) is 102 Å². The van der Waals surface area contributed by atoms with Crippen LogP contribution in [0.3, 0.4) is 0 Å². The molecular formula is C18H21FN4O4. The third kappa shape index (κ3) is 5.45. The summed E-state index contributed by atoms with van der Waals surface area (Å²) >= 11 is 0. The molecule has 0 amide bonds. The fourth-order valence-electron chi connectivity index (χ4n) is 2.79. The molecule has 144 valence electrons. The molecule has 2 aromatic carbocycles. The summed E-state index contributed by atoms with van der Waals surface area (Å²) in [5, 5.41) is 24.2. The second kappa shape index (κ2) is 9.04.